The van der Waals surface area contributed by atoms with Crippen LogP contribution in [0, 0.1) is 24.6 Å². The molecule has 1 aromatic carbocycles. The molecule has 4 rings (SSSR count). The standard InChI is InChI=1S/C27H38FN5O2S/c1-18-15-29-27(36-18)31-26(35)30-25-11-10-24(32(3)19(2)34)14-22(25)17-33-12-4-5-21(16-33)13-20-6-8-23(28)9-7-20/h6-9,15,21-22,24-25H,4-5,10-14,16-17H2,1-3H3,(H2,29,30,31,35)/t21-,22-,24+,25+/m0/s1. The van der Waals surface area contributed by atoms with Crippen molar-refractivity contribution in [1.29, 1.82) is 0 Å². The van der Waals surface area contributed by atoms with Gasteiger partial charge >= 0.3 is 6.03 Å². The molecule has 0 spiro atoms. The van der Waals surface area contributed by atoms with Crippen LogP contribution in [0.4, 0.5) is 14.3 Å². The molecule has 2 N–H and O–H groups in total. The van der Waals surface area contributed by atoms with Crippen LogP contribution in [0.25, 0.3) is 0 Å². The second-order valence-electron chi connectivity index (χ2n) is 10.4. The van der Waals surface area contributed by atoms with Crippen molar-refractivity contribution < 1.29 is 14.0 Å². The molecule has 196 valence electrons. The number of likely N-dealkylation sites (tertiary alicyclic amines) is 1. The first-order valence-corrected chi connectivity index (χ1v) is 13.8. The number of carbonyl (C=O) groups is 2. The van der Waals surface area contributed by atoms with Gasteiger partial charge in [-0.05, 0) is 81.5 Å². The van der Waals surface area contributed by atoms with Crippen molar-refractivity contribution >= 4 is 28.4 Å². The lowest BCUT2D eigenvalue weighted by atomic mass is 9.80. The highest BCUT2D eigenvalue weighted by Gasteiger charge is 2.36. The van der Waals surface area contributed by atoms with E-state index in [1.54, 1.807) is 13.1 Å². The lowest BCUT2D eigenvalue weighted by molar-refractivity contribution is -0.130. The van der Waals surface area contributed by atoms with Crippen LogP contribution in [0.2, 0.25) is 0 Å². The molecule has 36 heavy (non-hydrogen) atoms. The molecule has 1 aliphatic heterocycles. The molecule has 0 unspecified atom stereocenters. The maximum absolute atomic E-state index is 13.3. The number of carbonyl (C=O) groups excluding carboxylic acids is 2. The molecule has 1 aliphatic carbocycles. The number of thiazole rings is 1. The van der Waals surface area contributed by atoms with Crippen LogP contribution >= 0.6 is 11.3 Å². The molecule has 3 amide bonds. The van der Waals surface area contributed by atoms with Crippen molar-refractivity contribution in [3.05, 3.63) is 46.7 Å². The molecular formula is C27H38FN5O2S. The van der Waals surface area contributed by atoms with Crippen molar-refractivity contribution in [2.75, 3.05) is 32.0 Å². The third-order valence-electron chi connectivity index (χ3n) is 7.69. The van der Waals surface area contributed by atoms with Crippen molar-refractivity contribution in [2.45, 2.75) is 64.5 Å². The highest BCUT2D eigenvalue weighted by Crippen LogP contribution is 2.31. The minimum absolute atomic E-state index is 0.0418. The van der Waals surface area contributed by atoms with E-state index in [4.69, 9.17) is 0 Å². The SMILES string of the molecule is CC(=O)N(C)[C@@H]1CC[C@@H](NC(=O)Nc2ncc(C)s2)[C@H](CN2CCC[C@@H](Cc3ccc(F)cc3)C2)C1. The molecule has 2 aromatic rings. The van der Waals surface area contributed by atoms with E-state index in [9.17, 15) is 14.0 Å². The highest BCUT2D eigenvalue weighted by molar-refractivity contribution is 7.15. The Balaban J connectivity index is 1.39. The monoisotopic (exact) mass is 515 g/mol. The molecule has 4 atom stereocenters. The molecule has 1 saturated carbocycles. The number of nitrogens with one attached hydrogen (secondary N) is 2. The fourth-order valence-electron chi connectivity index (χ4n) is 5.72. The molecule has 7 nitrogen and oxygen atoms in total. The van der Waals surface area contributed by atoms with Gasteiger partial charge in [-0.15, -0.1) is 11.3 Å². The fraction of sp³-hybridized carbons (Fsp3) is 0.593. The molecule has 2 heterocycles. The van der Waals surface area contributed by atoms with E-state index in [2.05, 4.69) is 20.5 Å². The lowest BCUT2D eigenvalue weighted by Crippen LogP contribution is -2.53. The highest BCUT2D eigenvalue weighted by atomic mass is 32.1. The number of hydrogen-bond donors (Lipinski definition) is 2. The van der Waals surface area contributed by atoms with Gasteiger partial charge in [0, 0.05) is 50.2 Å². The average Bonchev–Trinajstić information content (AvgIpc) is 3.25. The van der Waals surface area contributed by atoms with Gasteiger partial charge in [0.05, 0.1) is 0 Å². The molecular weight excluding hydrogens is 477 g/mol. The van der Waals surface area contributed by atoms with Gasteiger partial charge in [-0.25, -0.2) is 14.2 Å². The van der Waals surface area contributed by atoms with Crippen molar-refractivity contribution in [2.24, 2.45) is 11.8 Å². The summed E-state index contributed by atoms with van der Waals surface area (Å²) in [5.74, 6) is 0.670. The van der Waals surface area contributed by atoms with Crippen LogP contribution in [-0.2, 0) is 11.2 Å². The summed E-state index contributed by atoms with van der Waals surface area (Å²) in [6, 6.07) is 6.87. The minimum atomic E-state index is -0.217. The van der Waals surface area contributed by atoms with Gasteiger partial charge in [0.15, 0.2) is 5.13 Å². The predicted octanol–water partition coefficient (Wildman–Crippen LogP) is 4.68. The molecule has 0 radical (unpaired) electrons. The smallest absolute Gasteiger partial charge is 0.321 e. The largest absolute Gasteiger partial charge is 0.343 e. The van der Waals surface area contributed by atoms with Gasteiger partial charge in [-0.1, -0.05) is 12.1 Å². The van der Waals surface area contributed by atoms with Gasteiger partial charge < -0.3 is 15.1 Å². The molecule has 2 fully saturated rings. The first kappa shape index (κ1) is 26.5. The first-order valence-electron chi connectivity index (χ1n) is 13.0. The number of benzene rings is 1. The fourth-order valence-corrected chi connectivity index (χ4v) is 6.38. The van der Waals surface area contributed by atoms with E-state index >= 15 is 0 Å². The van der Waals surface area contributed by atoms with Crippen molar-refractivity contribution in [1.82, 2.24) is 20.1 Å². The number of aromatic nitrogens is 1. The molecule has 9 heteroatoms. The topological polar surface area (TPSA) is 77.6 Å². The van der Waals surface area contributed by atoms with Gasteiger partial charge in [-0.3, -0.25) is 10.1 Å². The number of hydrogen-bond acceptors (Lipinski definition) is 5. The Morgan fingerprint density at radius 3 is 2.69 bits per heavy atom. The molecule has 0 bridgehead atoms. The Morgan fingerprint density at radius 1 is 1.22 bits per heavy atom. The molecule has 1 aromatic heterocycles. The second-order valence-corrected chi connectivity index (χ2v) is 11.7. The van der Waals surface area contributed by atoms with Gasteiger partial charge in [0.2, 0.25) is 5.91 Å². The van der Waals surface area contributed by atoms with E-state index in [1.165, 1.54) is 35.5 Å². The zero-order chi connectivity index (χ0) is 25.7. The maximum atomic E-state index is 13.3. The summed E-state index contributed by atoms with van der Waals surface area (Å²) in [6.45, 7) is 6.52. The summed E-state index contributed by atoms with van der Waals surface area (Å²) in [5, 5.41) is 6.69. The minimum Gasteiger partial charge on any atom is -0.343 e. The number of halogens is 1. The first-order chi connectivity index (χ1) is 17.3. The summed E-state index contributed by atoms with van der Waals surface area (Å²) in [6.07, 6.45) is 7.60. The normalized spacial score (nSPS) is 24.8. The van der Waals surface area contributed by atoms with E-state index in [1.807, 2.05) is 31.0 Å². The Morgan fingerprint density at radius 2 is 2.00 bits per heavy atom. The summed E-state index contributed by atoms with van der Waals surface area (Å²) in [4.78, 5) is 34.5. The quantitative estimate of drug-likeness (QED) is 0.561. The zero-order valence-electron chi connectivity index (χ0n) is 21.5. The third kappa shape index (κ3) is 7.26. The number of nitrogens with zero attached hydrogens (tertiary/aromatic N) is 3. The van der Waals surface area contributed by atoms with Crippen molar-refractivity contribution in [3.8, 4) is 0 Å². The third-order valence-corrected chi connectivity index (χ3v) is 8.52. The molecule has 2 aliphatic rings. The van der Waals surface area contributed by atoms with Gasteiger partial charge in [0.1, 0.15) is 5.82 Å². The number of aryl methyl sites for hydroxylation is 1. The second kappa shape index (κ2) is 12.1. The van der Waals surface area contributed by atoms with Crippen LogP contribution in [0.5, 0.6) is 0 Å². The summed E-state index contributed by atoms with van der Waals surface area (Å²) in [5.41, 5.74) is 1.18. The molecule has 1 saturated heterocycles. The Hall–Kier alpha value is -2.52. The van der Waals surface area contributed by atoms with E-state index in [-0.39, 0.29) is 35.8 Å². The summed E-state index contributed by atoms with van der Waals surface area (Å²) in [7, 11) is 1.88. The Kier molecular flexibility index (Phi) is 8.95. The van der Waals surface area contributed by atoms with E-state index < -0.39 is 0 Å². The number of rotatable bonds is 7. The maximum Gasteiger partial charge on any atom is 0.321 e. The summed E-state index contributed by atoms with van der Waals surface area (Å²) < 4.78 is 13.3. The number of anilines is 1. The summed E-state index contributed by atoms with van der Waals surface area (Å²) >= 11 is 1.46. The van der Waals surface area contributed by atoms with E-state index in [0.29, 0.717) is 11.0 Å². The lowest BCUT2D eigenvalue weighted by Gasteiger charge is -2.43. The number of amides is 3. The van der Waals surface area contributed by atoms with Crippen LogP contribution in [0.3, 0.4) is 0 Å². The van der Waals surface area contributed by atoms with E-state index in [0.717, 1.165) is 56.6 Å². The Labute approximate surface area is 217 Å². The van der Waals surface area contributed by atoms with Crippen LogP contribution in [0.1, 0.15) is 49.5 Å². The van der Waals surface area contributed by atoms with Crippen LogP contribution in [-0.4, -0.2) is 65.5 Å². The van der Waals surface area contributed by atoms with Gasteiger partial charge in [-0.2, -0.15) is 0 Å². The predicted molar refractivity (Wildman–Crippen MR) is 142 cm³/mol. The van der Waals surface area contributed by atoms with Gasteiger partial charge in [0.25, 0.3) is 0 Å². The average molecular weight is 516 g/mol. The van der Waals surface area contributed by atoms with Crippen LogP contribution in [0.15, 0.2) is 30.5 Å². The zero-order valence-corrected chi connectivity index (χ0v) is 22.3. The number of urea groups is 1. The van der Waals surface area contributed by atoms with Crippen LogP contribution < -0.4 is 10.6 Å². The number of piperidine rings is 1. The Bertz CT molecular complexity index is 1030. The van der Waals surface area contributed by atoms with Crippen molar-refractivity contribution in [3.63, 3.8) is 0 Å².